The van der Waals surface area contributed by atoms with Crippen molar-refractivity contribution in [1.82, 2.24) is 0 Å². The molecule has 0 amide bonds. The average molecular weight is 883 g/mol. The lowest BCUT2D eigenvalue weighted by molar-refractivity contribution is 0.0973. The highest BCUT2D eigenvalue weighted by atomic mass is 32.3. The number of hydrogen-bond acceptors (Lipinski definition) is 5. The SMILES string of the molecule is CC1=C(C/C=C(\C)CCCC(C)CC/C=C(\C)CC/C=C(\C)CC/C=C(\C)CC/C=C(\C)CC/C=C(\C)CC/C=C(\C)CC/C=C(\C)COS(=O)(=O)O)C(=O)c2ccccc2C1=O. The van der Waals surface area contributed by atoms with Crippen LogP contribution in [0.5, 0.6) is 0 Å². The van der Waals surface area contributed by atoms with Crippen LogP contribution >= 0.6 is 0 Å². The Kier molecular flexibility index (Phi) is 26.5. The third-order valence-corrected chi connectivity index (χ3v) is 12.6. The molecule has 63 heavy (non-hydrogen) atoms. The van der Waals surface area contributed by atoms with Crippen molar-refractivity contribution in [3.63, 3.8) is 0 Å². The molecular formula is C56H82O6S. The first-order valence-electron chi connectivity index (χ1n) is 23.6. The molecule has 1 N–H and O–H groups in total. The Hall–Kier alpha value is -3.91. The van der Waals surface area contributed by atoms with Crippen LogP contribution in [0.15, 0.2) is 129 Å². The first kappa shape index (κ1) is 55.2. The fourth-order valence-corrected chi connectivity index (χ4v) is 8.11. The van der Waals surface area contributed by atoms with E-state index >= 15 is 0 Å². The quantitative estimate of drug-likeness (QED) is 0.0610. The molecule has 1 aromatic rings. The van der Waals surface area contributed by atoms with Crippen molar-refractivity contribution in [3.05, 3.63) is 140 Å². The second-order valence-corrected chi connectivity index (χ2v) is 19.5. The van der Waals surface area contributed by atoms with Crippen LogP contribution in [0.1, 0.15) is 206 Å². The Morgan fingerprint density at radius 1 is 0.540 bits per heavy atom. The van der Waals surface area contributed by atoms with Crippen molar-refractivity contribution >= 4 is 22.0 Å². The van der Waals surface area contributed by atoms with Crippen molar-refractivity contribution in [2.24, 2.45) is 5.92 Å². The molecule has 0 saturated carbocycles. The van der Waals surface area contributed by atoms with Crippen molar-refractivity contribution < 1.29 is 26.7 Å². The van der Waals surface area contributed by atoms with E-state index in [2.05, 4.69) is 102 Å². The van der Waals surface area contributed by atoms with Gasteiger partial charge in [0.15, 0.2) is 11.6 Å². The number of ketones is 2. The van der Waals surface area contributed by atoms with Crippen molar-refractivity contribution in [3.8, 4) is 0 Å². The standard InChI is InChI=1S/C56H82O6S/c1-42(22-14-24-44(3)26-16-28-46(5)30-18-32-48(7)34-20-36-50(9)41-62-63(59,60)61)21-13-23-43(2)25-15-27-45(4)29-17-31-47(6)33-19-35-49(8)39-40-52-51(10)55(57)53-37-11-12-38-54(53)56(52)58/h11-12,21,24-25,28-29,32,36-39,47H,13-20,22-23,26-27,30-31,33-35,40-41H2,1-10H3,(H,59,60,61)/b42-21+,43-25+,44-24+,45-29+,46-28+,48-32+,49-39+,50-36+. The van der Waals surface area contributed by atoms with Crippen LogP contribution in [-0.2, 0) is 14.6 Å². The summed E-state index contributed by atoms with van der Waals surface area (Å²) >= 11 is 0. The van der Waals surface area contributed by atoms with E-state index in [1.54, 1.807) is 26.0 Å². The zero-order chi connectivity index (χ0) is 46.8. The lowest BCUT2D eigenvalue weighted by Crippen LogP contribution is -2.20. The molecule has 1 aliphatic carbocycles. The molecule has 1 aliphatic rings. The first-order chi connectivity index (χ1) is 29.9. The summed E-state index contributed by atoms with van der Waals surface area (Å²) in [5.41, 5.74) is 13.0. The lowest BCUT2D eigenvalue weighted by Gasteiger charge is -2.18. The second-order valence-electron chi connectivity index (χ2n) is 18.4. The molecule has 2 rings (SSSR count). The normalized spacial score (nSPS) is 16.0. The Bertz CT molecular complexity index is 2040. The number of hydrogen-bond donors (Lipinski definition) is 1. The zero-order valence-corrected chi connectivity index (χ0v) is 41.7. The number of carbonyl (C=O) groups is 2. The van der Waals surface area contributed by atoms with Crippen LogP contribution < -0.4 is 0 Å². The van der Waals surface area contributed by atoms with Gasteiger partial charge in [0.05, 0.1) is 6.61 Å². The maximum Gasteiger partial charge on any atom is 0.397 e. The van der Waals surface area contributed by atoms with Crippen molar-refractivity contribution in [1.29, 1.82) is 0 Å². The molecule has 0 saturated heterocycles. The Morgan fingerprint density at radius 2 is 0.905 bits per heavy atom. The molecule has 0 fully saturated rings. The fraction of sp³-hybridized carbons (Fsp3) is 0.536. The lowest BCUT2D eigenvalue weighted by atomic mass is 9.83. The van der Waals surface area contributed by atoms with Gasteiger partial charge in [-0.3, -0.25) is 14.1 Å². The van der Waals surface area contributed by atoms with Gasteiger partial charge in [0.2, 0.25) is 0 Å². The summed E-state index contributed by atoms with van der Waals surface area (Å²) in [6.07, 6.45) is 37.4. The van der Waals surface area contributed by atoms with Gasteiger partial charge in [0.25, 0.3) is 0 Å². The van der Waals surface area contributed by atoms with Crippen LogP contribution in [-0.4, -0.2) is 31.1 Å². The smallest absolute Gasteiger partial charge is 0.289 e. The van der Waals surface area contributed by atoms with Crippen molar-refractivity contribution in [2.45, 2.75) is 185 Å². The number of fused-ring (bicyclic) bond motifs is 1. The first-order valence-corrected chi connectivity index (χ1v) is 25.0. The Morgan fingerprint density at radius 3 is 1.32 bits per heavy atom. The minimum atomic E-state index is -4.39. The fourth-order valence-electron chi connectivity index (χ4n) is 7.78. The van der Waals surface area contributed by atoms with E-state index in [1.165, 1.54) is 51.9 Å². The van der Waals surface area contributed by atoms with Gasteiger partial charge >= 0.3 is 10.4 Å². The molecule has 0 bridgehead atoms. The average Bonchev–Trinajstić information content (AvgIpc) is 3.22. The maximum absolute atomic E-state index is 13.1. The van der Waals surface area contributed by atoms with Crippen LogP contribution in [0.2, 0.25) is 0 Å². The van der Waals surface area contributed by atoms with E-state index in [4.69, 9.17) is 4.55 Å². The van der Waals surface area contributed by atoms with Crippen LogP contribution in [0.25, 0.3) is 0 Å². The molecule has 0 aliphatic heterocycles. The summed E-state index contributed by atoms with van der Waals surface area (Å²) in [6, 6.07) is 7.16. The Balaban J connectivity index is 1.57. The van der Waals surface area contributed by atoms with Crippen LogP contribution in [0, 0.1) is 5.92 Å². The van der Waals surface area contributed by atoms with Gasteiger partial charge in [-0.1, -0.05) is 131 Å². The highest BCUT2D eigenvalue weighted by Crippen LogP contribution is 2.29. The van der Waals surface area contributed by atoms with Crippen molar-refractivity contribution in [2.75, 3.05) is 6.61 Å². The Labute approximate surface area is 384 Å². The minimum absolute atomic E-state index is 0.00602. The van der Waals surface area contributed by atoms with Gasteiger partial charge in [-0.25, -0.2) is 4.18 Å². The number of allylic oxidation sites excluding steroid dienone is 17. The molecule has 6 nitrogen and oxygen atoms in total. The molecular weight excluding hydrogens is 801 g/mol. The van der Waals surface area contributed by atoms with E-state index in [1.807, 2.05) is 18.2 Å². The van der Waals surface area contributed by atoms with Crippen LogP contribution in [0.3, 0.4) is 0 Å². The molecule has 0 aromatic heterocycles. The monoisotopic (exact) mass is 883 g/mol. The van der Waals surface area contributed by atoms with Gasteiger partial charge in [-0.2, -0.15) is 8.42 Å². The molecule has 0 spiro atoms. The maximum atomic E-state index is 13.1. The summed E-state index contributed by atoms with van der Waals surface area (Å²) in [4.78, 5) is 25.8. The van der Waals surface area contributed by atoms with E-state index in [9.17, 15) is 18.0 Å². The van der Waals surface area contributed by atoms with E-state index in [0.29, 0.717) is 34.6 Å². The van der Waals surface area contributed by atoms with Gasteiger partial charge < -0.3 is 0 Å². The molecule has 0 heterocycles. The van der Waals surface area contributed by atoms with Gasteiger partial charge in [0, 0.05) is 22.3 Å². The van der Waals surface area contributed by atoms with E-state index in [0.717, 1.165) is 102 Å². The number of benzene rings is 1. The predicted molar refractivity (Wildman–Crippen MR) is 268 cm³/mol. The molecule has 7 heteroatoms. The molecule has 1 aromatic carbocycles. The number of carbonyl (C=O) groups excluding carboxylic acids is 2. The van der Waals surface area contributed by atoms with Crippen LogP contribution in [0.4, 0.5) is 0 Å². The molecule has 0 radical (unpaired) electrons. The largest absolute Gasteiger partial charge is 0.397 e. The molecule has 348 valence electrons. The van der Waals surface area contributed by atoms with Gasteiger partial charge in [-0.05, 0) is 177 Å². The summed E-state index contributed by atoms with van der Waals surface area (Å²) in [5.74, 6) is 0.651. The van der Waals surface area contributed by atoms with Gasteiger partial charge in [-0.15, -0.1) is 0 Å². The molecule has 1 atom stereocenters. The topological polar surface area (TPSA) is 97.7 Å². The predicted octanol–water partition coefficient (Wildman–Crippen LogP) is 16.4. The van der Waals surface area contributed by atoms with E-state index in [-0.39, 0.29) is 18.2 Å². The summed E-state index contributed by atoms with van der Waals surface area (Å²) in [6.45, 7) is 21.4. The summed E-state index contributed by atoms with van der Waals surface area (Å²) < 4.78 is 34.5. The summed E-state index contributed by atoms with van der Waals surface area (Å²) in [7, 11) is -4.39. The summed E-state index contributed by atoms with van der Waals surface area (Å²) in [5, 5.41) is 0. The third kappa shape index (κ3) is 24.7. The van der Waals surface area contributed by atoms with Gasteiger partial charge in [0.1, 0.15) is 0 Å². The zero-order valence-electron chi connectivity index (χ0n) is 40.8. The number of Topliss-reactive ketones (excluding diaryl/α,β-unsaturated/α-hetero) is 2. The highest BCUT2D eigenvalue weighted by molar-refractivity contribution is 7.80. The molecule has 1 unspecified atom stereocenters. The minimum Gasteiger partial charge on any atom is -0.289 e. The third-order valence-electron chi connectivity index (χ3n) is 12.2. The number of rotatable bonds is 30. The van der Waals surface area contributed by atoms with E-state index < -0.39 is 10.4 Å². The highest BCUT2D eigenvalue weighted by Gasteiger charge is 2.28. The second kappa shape index (κ2) is 30.3.